The normalized spacial score (nSPS) is 9.74. The molecular weight excluding hydrogens is 245 g/mol. The molecule has 96 valence electrons. The largest absolute Gasteiger partial charge is 0.497 e. The molecule has 0 amide bonds. The van der Waals surface area contributed by atoms with E-state index in [1.165, 1.54) is 18.2 Å². The van der Waals surface area contributed by atoms with Crippen molar-refractivity contribution >= 4 is 17.1 Å². The second-order valence-corrected chi connectivity index (χ2v) is 3.88. The van der Waals surface area contributed by atoms with Crippen LogP contribution >= 0.6 is 0 Å². The Hall–Kier alpha value is -2.74. The summed E-state index contributed by atoms with van der Waals surface area (Å²) in [5.74, 6) is 0.103. The van der Waals surface area contributed by atoms with Gasteiger partial charge in [0.2, 0.25) is 0 Å². The molecule has 0 aromatic heterocycles. The van der Waals surface area contributed by atoms with Crippen LogP contribution in [0, 0.1) is 17.1 Å². The lowest BCUT2D eigenvalue weighted by Crippen LogP contribution is -1.98. The molecule has 19 heavy (non-hydrogen) atoms. The SMILES string of the molecule is COc1ccc(N)c(Nc2ccc(F)c(C#N)c2)c1. The van der Waals surface area contributed by atoms with Gasteiger partial charge in [-0.25, -0.2) is 4.39 Å². The van der Waals surface area contributed by atoms with Crippen LogP contribution in [-0.2, 0) is 0 Å². The maximum absolute atomic E-state index is 13.2. The van der Waals surface area contributed by atoms with Crippen LogP contribution in [0.15, 0.2) is 36.4 Å². The second kappa shape index (κ2) is 5.27. The number of nitriles is 1. The molecule has 0 saturated heterocycles. The van der Waals surface area contributed by atoms with Crippen molar-refractivity contribution in [2.24, 2.45) is 0 Å². The molecule has 3 N–H and O–H groups in total. The summed E-state index contributed by atoms with van der Waals surface area (Å²) in [6.45, 7) is 0. The lowest BCUT2D eigenvalue weighted by Gasteiger charge is -2.11. The quantitative estimate of drug-likeness (QED) is 0.829. The van der Waals surface area contributed by atoms with Crippen molar-refractivity contribution in [3.63, 3.8) is 0 Å². The zero-order valence-corrected chi connectivity index (χ0v) is 10.3. The average Bonchev–Trinajstić information content (AvgIpc) is 2.43. The minimum Gasteiger partial charge on any atom is -0.497 e. The minimum atomic E-state index is -0.549. The van der Waals surface area contributed by atoms with Crippen molar-refractivity contribution < 1.29 is 9.13 Å². The topological polar surface area (TPSA) is 71.1 Å². The molecule has 0 radical (unpaired) electrons. The molecule has 0 aliphatic carbocycles. The Morgan fingerprint density at radius 1 is 1.26 bits per heavy atom. The van der Waals surface area contributed by atoms with Crippen LogP contribution < -0.4 is 15.8 Å². The number of benzene rings is 2. The zero-order valence-electron chi connectivity index (χ0n) is 10.3. The molecule has 2 aromatic rings. The first-order valence-corrected chi connectivity index (χ1v) is 5.54. The smallest absolute Gasteiger partial charge is 0.141 e. The van der Waals surface area contributed by atoms with Crippen LogP contribution in [0.1, 0.15) is 5.56 Å². The van der Waals surface area contributed by atoms with E-state index in [0.29, 0.717) is 22.8 Å². The van der Waals surface area contributed by atoms with Crippen molar-refractivity contribution in [3.8, 4) is 11.8 Å². The molecule has 0 fully saturated rings. The number of nitrogen functional groups attached to an aromatic ring is 1. The van der Waals surface area contributed by atoms with Gasteiger partial charge in [0.05, 0.1) is 24.0 Å². The predicted molar refractivity (Wildman–Crippen MR) is 71.8 cm³/mol. The maximum atomic E-state index is 13.2. The van der Waals surface area contributed by atoms with E-state index in [1.807, 2.05) is 0 Å². The van der Waals surface area contributed by atoms with Gasteiger partial charge in [-0.2, -0.15) is 5.26 Å². The first kappa shape index (κ1) is 12.7. The highest BCUT2D eigenvalue weighted by molar-refractivity contribution is 5.74. The number of halogens is 1. The second-order valence-electron chi connectivity index (χ2n) is 3.88. The Balaban J connectivity index is 2.33. The van der Waals surface area contributed by atoms with E-state index >= 15 is 0 Å². The number of anilines is 3. The average molecular weight is 257 g/mol. The Morgan fingerprint density at radius 3 is 2.74 bits per heavy atom. The van der Waals surface area contributed by atoms with E-state index in [-0.39, 0.29) is 5.56 Å². The van der Waals surface area contributed by atoms with Gasteiger partial charge in [-0.1, -0.05) is 0 Å². The lowest BCUT2D eigenvalue weighted by molar-refractivity contribution is 0.415. The minimum absolute atomic E-state index is 0.0218. The molecule has 2 aromatic carbocycles. The number of ether oxygens (including phenoxy) is 1. The summed E-state index contributed by atoms with van der Waals surface area (Å²) in [6, 6.07) is 11.2. The van der Waals surface area contributed by atoms with Crippen LogP contribution in [0.4, 0.5) is 21.5 Å². The Labute approximate surface area is 110 Å². The van der Waals surface area contributed by atoms with E-state index in [0.717, 1.165) is 0 Å². The van der Waals surface area contributed by atoms with E-state index < -0.39 is 5.82 Å². The third kappa shape index (κ3) is 2.75. The van der Waals surface area contributed by atoms with Gasteiger partial charge in [-0.15, -0.1) is 0 Å². The highest BCUT2D eigenvalue weighted by Crippen LogP contribution is 2.28. The maximum Gasteiger partial charge on any atom is 0.141 e. The molecule has 0 heterocycles. The first-order valence-electron chi connectivity index (χ1n) is 5.54. The molecule has 5 heteroatoms. The highest BCUT2D eigenvalue weighted by atomic mass is 19.1. The summed E-state index contributed by atoms with van der Waals surface area (Å²) < 4.78 is 18.3. The van der Waals surface area contributed by atoms with Crippen molar-refractivity contribution in [2.45, 2.75) is 0 Å². The highest BCUT2D eigenvalue weighted by Gasteiger charge is 2.05. The van der Waals surface area contributed by atoms with Crippen LogP contribution in [0.5, 0.6) is 5.75 Å². The van der Waals surface area contributed by atoms with Gasteiger partial charge in [0, 0.05) is 11.8 Å². The summed E-state index contributed by atoms with van der Waals surface area (Å²) in [5, 5.41) is 11.8. The Morgan fingerprint density at radius 2 is 2.05 bits per heavy atom. The number of nitrogens with one attached hydrogen (secondary N) is 1. The summed E-state index contributed by atoms with van der Waals surface area (Å²) >= 11 is 0. The van der Waals surface area contributed by atoms with Crippen LogP contribution in [0.25, 0.3) is 0 Å². The van der Waals surface area contributed by atoms with E-state index in [4.69, 9.17) is 15.7 Å². The third-order valence-electron chi connectivity index (χ3n) is 2.63. The Bertz CT molecular complexity index is 650. The Kier molecular flexibility index (Phi) is 3.53. The van der Waals surface area contributed by atoms with Gasteiger partial charge in [-0.3, -0.25) is 0 Å². The van der Waals surface area contributed by atoms with Crippen LogP contribution in [0.2, 0.25) is 0 Å². The number of nitrogens with zero attached hydrogens (tertiary/aromatic N) is 1. The van der Waals surface area contributed by atoms with E-state index in [1.54, 1.807) is 31.4 Å². The van der Waals surface area contributed by atoms with Gasteiger partial charge in [0.25, 0.3) is 0 Å². The number of hydrogen-bond donors (Lipinski definition) is 2. The summed E-state index contributed by atoms with van der Waals surface area (Å²) in [5.41, 5.74) is 7.56. The van der Waals surface area contributed by atoms with Crippen molar-refractivity contribution in [2.75, 3.05) is 18.2 Å². The fraction of sp³-hybridized carbons (Fsp3) is 0.0714. The number of rotatable bonds is 3. The molecule has 0 aliphatic heterocycles. The summed E-state index contributed by atoms with van der Waals surface area (Å²) in [7, 11) is 1.56. The fourth-order valence-electron chi connectivity index (χ4n) is 1.61. The molecule has 0 unspecified atom stereocenters. The van der Waals surface area contributed by atoms with Crippen molar-refractivity contribution in [3.05, 3.63) is 47.8 Å². The first-order chi connectivity index (χ1) is 9.13. The van der Waals surface area contributed by atoms with Crippen molar-refractivity contribution in [1.82, 2.24) is 0 Å². The van der Waals surface area contributed by atoms with E-state index in [2.05, 4.69) is 5.32 Å². The number of nitrogens with two attached hydrogens (primary N) is 1. The molecule has 0 spiro atoms. The molecule has 4 nitrogen and oxygen atoms in total. The molecule has 0 saturated carbocycles. The standard InChI is InChI=1S/C14H12FN3O/c1-19-11-3-5-13(17)14(7-11)18-10-2-4-12(15)9(6-10)8-16/h2-7,18H,17H2,1H3. The van der Waals surface area contributed by atoms with Gasteiger partial charge in [0.1, 0.15) is 17.6 Å². The van der Waals surface area contributed by atoms with Crippen LogP contribution in [0.3, 0.4) is 0 Å². The van der Waals surface area contributed by atoms with Crippen LogP contribution in [-0.4, -0.2) is 7.11 Å². The molecule has 2 rings (SSSR count). The molecule has 0 bridgehead atoms. The molecule has 0 atom stereocenters. The predicted octanol–water partition coefficient (Wildman–Crippen LogP) is 3.03. The zero-order chi connectivity index (χ0) is 13.8. The third-order valence-corrected chi connectivity index (χ3v) is 2.63. The van der Waals surface area contributed by atoms with Gasteiger partial charge < -0.3 is 15.8 Å². The number of hydrogen-bond acceptors (Lipinski definition) is 4. The summed E-state index contributed by atoms with van der Waals surface area (Å²) in [4.78, 5) is 0. The molecular formula is C14H12FN3O. The summed E-state index contributed by atoms with van der Waals surface area (Å²) in [6.07, 6.45) is 0. The fourth-order valence-corrected chi connectivity index (χ4v) is 1.61. The van der Waals surface area contributed by atoms with E-state index in [9.17, 15) is 4.39 Å². The molecule has 0 aliphatic rings. The van der Waals surface area contributed by atoms with Gasteiger partial charge >= 0.3 is 0 Å². The van der Waals surface area contributed by atoms with Gasteiger partial charge in [0.15, 0.2) is 0 Å². The van der Waals surface area contributed by atoms with Gasteiger partial charge in [-0.05, 0) is 30.3 Å². The van der Waals surface area contributed by atoms with Crippen molar-refractivity contribution in [1.29, 1.82) is 5.26 Å². The monoisotopic (exact) mass is 257 g/mol. The lowest BCUT2D eigenvalue weighted by atomic mass is 10.2. The number of methoxy groups -OCH3 is 1.